The van der Waals surface area contributed by atoms with E-state index >= 15 is 0 Å². The lowest BCUT2D eigenvalue weighted by Gasteiger charge is -2.21. The molecule has 0 saturated carbocycles. The van der Waals surface area contributed by atoms with Crippen LogP contribution in [0, 0.1) is 20.8 Å². The fourth-order valence-electron chi connectivity index (χ4n) is 2.18. The first kappa shape index (κ1) is 17.1. The Balaban J connectivity index is 2.35. The summed E-state index contributed by atoms with van der Waals surface area (Å²) in [7, 11) is 0. The molecule has 2 amide bonds. The number of thiazole rings is 1. The summed E-state index contributed by atoms with van der Waals surface area (Å²) in [4.78, 5) is 28.8. The summed E-state index contributed by atoms with van der Waals surface area (Å²) in [6.45, 7) is 9.00. The van der Waals surface area contributed by atoms with E-state index in [1.165, 1.54) is 16.9 Å². The minimum absolute atomic E-state index is 0.334. The second kappa shape index (κ2) is 6.12. The molecular weight excluding hydrogens is 310 g/mol. The first-order chi connectivity index (χ1) is 10.6. The summed E-state index contributed by atoms with van der Waals surface area (Å²) in [5.41, 5.74) is 8.14. The van der Waals surface area contributed by atoms with Gasteiger partial charge in [0.25, 0.3) is 5.91 Å². The third kappa shape index (κ3) is 3.59. The number of nitrogens with zero attached hydrogens (tertiary/aromatic N) is 1. The number of aryl methyl sites for hydroxylation is 3. The maximum absolute atomic E-state index is 12.4. The largest absolute Gasteiger partial charge is 0.368 e. The van der Waals surface area contributed by atoms with Crippen LogP contribution in [0.1, 0.15) is 40.3 Å². The topological polar surface area (TPSA) is 85.1 Å². The maximum atomic E-state index is 12.4. The monoisotopic (exact) mass is 331 g/mol. The second-order valence-corrected chi connectivity index (χ2v) is 7.19. The highest BCUT2D eigenvalue weighted by Crippen LogP contribution is 2.30. The van der Waals surface area contributed by atoms with Gasteiger partial charge in [0.05, 0.1) is 5.69 Å². The van der Waals surface area contributed by atoms with Crippen molar-refractivity contribution in [2.75, 3.05) is 0 Å². The molecule has 1 heterocycles. The van der Waals surface area contributed by atoms with Crippen molar-refractivity contribution < 1.29 is 9.59 Å². The van der Waals surface area contributed by atoms with E-state index in [9.17, 15) is 9.59 Å². The van der Waals surface area contributed by atoms with Gasteiger partial charge in [-0.25, -0.2) is 4.98 Å². The van der Waals surface area contributed by atoms with Crippen molar-refractivity contribution in [1.82, 2.24) is 10.3 Å². The average Bonchev–Trinajstić information content (AvgIpc) is 2.80. The van der Waals surface area contributed by atoms with E-state index in [1.807, 2.05) is 26.0 Å². The van der Waals surface area contributed by atoms with Crippen LogP contribution >= 0.6 is 11.3 Å². The molecule has 0 radical (unpaired) electrons. The molecule has 23 heavy (non-hydrogen) atoms. The van der Waals surface area contributed by atoms with Crippen LogP contribution in [-0.2, 0) is 4.79 Å². The lowest BCUT2D eigenvalue weighted by Crippen LogP contribution is -2.52. The lowest BCUT2D eigenvalue weighted by atomic mass is 10.1. The molecular formula is C17H21N3O2S. The molecule has 6 heteroatoms. The number of aromatic nitrogens is 1. The molecule has 0 bridgehead atoms. The molecule has 0 atom stereocenters. The van der Waals surface area contributed by atoms with E-state index in [-0.39, 0.29) is 5.91 Å². The summed E-state index contributed by atoms with van der Waals surface area (Å²) in [6, 6.07) is 6.12. The van der Waals surface area contributed by atoms with Gasteiger partial charge in [-0.1, -0.05) is 23.8 Å². The molecule has 0 aliphatic carbocycles. The highest BCUT2D eigenvalue weighted by Gasteiger charge is 2.29. The number of hydrogen-bond donors (Lipinski definition) is 2. The van der Waals surface area contributed by atoms with Crippen molar-refractivity contribution in [3.05, 3.63) is 39.9 Å². The SMILES string of the molecule is Cc1ccc(-c2nc(C)c(C(=O)NC(C)(C)C(N)=O)s2)c(C)c1. The number of benzene rings is 1. The Hall–Kier alpha value is -2.21. The quantitative estimate of drug-likeness (QED) is 0.903. The Morgan fingerprint density at radius 2 is 1.87 bits per heavy atom. The van der Waals surface area contributed by atoms with E-state index in [4.69, 9.17) is 5.73 Å². The van der Waals surface area contributed by atoms with Crippen LogP contribution in [0.4, 0.5) is 0 Å². The zero-order chi connectivity index (χ0) is 17.4. The summed E-state index contributed by atoms with van der Waals surface area (Å²) >= 11 is 1.32. The molecule has 2 aromatic rings. The lowest BCUT2D eigenvalue weighted by molar-refractivity contribution is -0.122. The standard InChI is InChI=1S/C17H21N3O2S/c1-9-6-7-12(10(2)8-9)15-19-11(3)13(23-15)14(21)20-17(4,5)16(18)22/h6-8H,1-5H3,(H2,18,22)(H,20,21). The molecule has 3 N–H and O–H groups in total. The highest BCUT2D eigenvalue weighted by molar-refractivity contribution is 7.17. The van der Waals surface area contributed by atoms with Crippen LogP contribution in [0.25, 0.3) is 10.6 Å². The number of rotatable bonds is 4. The Morgan fingerprint density at radius 3 is 2.43 bits per heavy atom. The van der Waals surface area contributed by atoms with Crippen LogP contribution in [0.5, 0.6) is 0 Å². The molecule has 1 aromatic heterocycles. The van der Waals surface area contributed by atoms with Gasteiger partial charge in [-0.05, 0) is 40.2 Å². The van der Waals surface area contributed by atoms with Crippen LogP contribution in [0.3, 0.4) is 0 Å². The Bertz CT molecular complexity index is 778. The highest BCUT2D eigenvalue weighted by atomic mass is 32.1. The van der Waals surface area contributed by atoms with E-state index in [2.05, 4.69) is 16.4 Å². The van der Waals surface area contributed by atoms with Gasteiger partial charge in [-0.2, -0.15) is 0 Å². The summed E-state index contributed by atoms with van der Waals surface area (Å²) in [5, 5.41) is 3.45. The van der Waals surface area contributed by atoms with Crippen LogP contribution in [-0.4, -0.2) is 22.3 Å². The molecule has 0 aliphatic heterocycles. The zero-order valence-corrected chi connectivity index (χ0v) is 14.8. The third-order valence-corrected chi connectivity index (χ3v) is 4.85. The van der Waals surface area contributed by atoms with E-state index in [1.54, 1.807) is 20.8 Å². The van der Waals surface area contributed by atoms with Gasteiger partial charge in [-0.3, -0.25) is 9.59 Å². The predicted octanol–water partition coefficient (Wildman–Crippen LogP) is 2.73. The summed E-state index contributed by atoms with van der Waals surface area (Å²) in [6.07, 6.45) is 0. The van der Waals surface area contributed by atoms with E-state index < -0.39 is 11.4 Å². The third-order valence-electron chi connectivity index (χ3n) is 3.66. The molecule has 2 rings (SSSR count). The molecule has 1 aromatic carbocycles. The predicted molar refractivity (Wildman–Crippen MR) is 92.5 cm³/mol. The molecule has 0 unspecified atom stereocenters. The van der Waals surface area contributed by atoms with Crippen LogP contribution < -0.4 is 11.1 Å². The Kier molecular flexibility index (Phi) is 4.56. The van der Waals surface area contributed by atoms with Gasteiger partial charge in [0, 0.05) is 5.56 Å². The maximum Gasteiger partial charge on any atom is 0.264 e. The van der Waals surface area contributed by atoms with E-state index in [0.717, 1.165) is 16.1 Å². The summed E-state index contributed by atoms with van der Waals surface area (Å²) in [5.74, 6) is -0.914. The molecule has 5 nitrogen and oxygen atoms in total. The Labute approximate surface area is 139 Å². The normalized spacial score (nSPS) is 11.3. The van der Waals surface area contributed by atoms with Crippen molar-refractivity contribution in [3.63, 3.8) is 0 Å². The van der Waals surface area contributed by atoms with Crippen molar-refractivity contribution in [2.45, 2.75) is 40.2 Å². The molecule has 0 fully saturated rings. The number of carbonyl (C=O) groups excluding carboxylic acids is 2. The van der Waals surface area contributed by atoms with Gasteiger partial charge in [0.15, 0.2) is 0 Å². The fourth-order valence-corrected chi connectivity index (χ4v) is 3.23. The van der Waals surface area contributed by atoms with Gasteiger partial charge in [0.2, 0.25) is 5.91 Å². The number of amides is 2. The van der Waals surface area contributed by atoms with Gasteiger partial charge in [0.1, 0.15) is 15.4 Å². The number of primary amides is 1. The van der Waals surface area contributed by atoms with E-state index in [0.29, 0.717) is 10.6 Å². The van der Waals surface area contributed by atoms with Crippen molar-refractivity contribution in [1.29, 1.82) is 0 Å². The Morgan fingerprint density at radius 1 is 1.22 bits per heavy atom. The fraction of sp³-hybridized carbons (Fsp3) is 0.353. The minimum atomic E-state index is -1.10. The summed E-state index contributed by atoms with van der Waals surface area (Å²) < 4.78 is 0. The molecule has 122 valence electrons. The van der Waals surface area contributed by atoms with Crippen LogP contribution in [0.2, 0.25) is 0 Å². The van der Waals surface area contributed by atoms with Crippen molar-refractivity contribution in [3.8, 4) is 10.6 Å². The van der Waals surface area contributed by atoms with Crippen molar-refractivity contribution >= 4 is 23.2 Å². The number of nitrogens with two attached hydrogens (primary N) is 1. The second-order valence-electron chi connectivity index (χ2n) is 6.20. The van der Waals surface area contributed by atoms with Gasteiger partial charge >= 0.3 is 0 Å². The first-order valence-corrected chi connectivity index (χ1v) is 8.11. The van der Waals surface area contributed by atoms with Crippen LogP contribution in [0.15, 0.2) is 18.2 Å². The minimum Gasteiger partial charge on any atom is -0.368 e. The number of nitrogens with one attached hydrogen (secondary N) is 1. The molecule has 0 spiro atoms. The number of carbonyl (C=O) groups is 2. The smallest absolute Gasteiger partial charge is 0.264 e. The number of hydrogen-bond acceptors (Lipinski definition) is 4. The van der Waals surface area contributed by atoms with Gasteiger partial charge < -0.3 is 11.1 Å². The van der Waals surface area contributed by atoms with Crippen molar-refractivity contribution in [2.24, 2.45) is 5.73 Å². The zero-order valence-electron chi connectivity index (χ0n) is 14.0. The first-order valence-electron chi connectivity index (χ1n) is 7.29. The average molecular weight is 331 g/mol. The molecule has 0 aliphatic rings. The van der Waals surface area contributed by atoms with Gasteiger partial charge in [-0.15, -0.1) is 11.3 Å². The molecule has 0 saturated heterocycles.